The molecule has 6 rings (SSSR count). The van der Waals surface area contributed by atoms with E-state index < -0.39 is 11.6 Å². The van der Waals surface area contributed by atoms with Gasteiger partial charge in [-0.15, -0.1) is 0 Å². The summed E-state index contributed by atoms with van der Waals surface area (Å²) in [4.78, 5) is 0. The van der Waals surface area contributed by atoms with Crippen molar-refractivity contribution in [2.75, 3.05) is 13.6 Å². The van der Waals surface area contributed by atoms with Gasteiger partial charge in [-0.1, -0.05) is 0 Å². The van der Waals surface area contributed by atoms with Crippen molar-refractivity contribution in [3.05, 3.63) is 23.0 Å². The second-order valence-corrected chi connectivity index (χ2v) is 9.28. The van der Waals surface area contributed by atoms with Gasteiger partial charge < -0.3 is 20.3 Å². The second-order valence-electron chi connectivity index (χ2n) is 9.28. The van der Waals surface area contributed by atoms with Crippen LogP contribution >= 0.6 is 0 Å². The largest absolute Gasteiger partial charge is 0.504 e. The third-order valence-electron chi connectivity index (χ3n) is 7.59. The Hall–Kier alpha value is -1.33. The van der Waals surface area contributed by atoms with Crippen molar-refractivity contribution < 1.29 is 19.3 Å². The van der Waals surface area contributed by atoms with Crippen molar-refractivity contribution in [1.82, 2.24) is 5.32 Å². The summed E-state index contributed by atoms with van der Waals surface area (Å²) in [7, 11) is 1.86. The maximum atomic E-state index is 14.0. The van der Waals surface area contributed by atoms with E-state index in [1.54, 1.807) is 0 Å². The van der Waals surface area contributed by atoms with Gasteiger partial charge in [-0.3, -0.25) is 0 Å². The Kier molecular flexibility index (Phi) is 3.77. The Labute approximate surface area is 153 Å². The SMILES string of the molecule is CNC[C@@H]1O[C@H](C23CC4CC(CC(C4)C2)C3)Cc2c1cc(F)c(O)c2O. The highest BCUT2D eigenvalue weighted by atomic mass is 19.1. The summed E-state index contributed by atoms with van der Waals surface area (Å²) in [5, 5.41) is 23.5. The van der Waals surface area contributed by atoms with Gasteiger partial charge in [0, 0.05) is 18.5 Å². The number of phenolic OH excluding ortho intramolecular Hbond substituents is 2. The average Bonchev–Trinajstić information content (AvgIpc) is 2.59. The zero-order valence-electron chi connectivity index (χ0n) is 15.3. The molecule has 4 saturated carbocycles. The summed E-state index contributed by atoms with van der Waals surface area (Å²) < 4.78 is 20.6. The maximum absolute atomic E-state index is 14.0. The molecule has 1 heterocycles. The van der Waals surface area contributed by atoms with E-state index in [4.69, 9.17) is 4.74 Å². The van der Waals surface area contributed by atoms with Crippen LogP contribution in [0.25, 0.3) is 0 Å². The minimum absolute atomic E-state index is 0.0394. The smallest absolute Gasteiger partial charge is 0.194 e. The first-order valence-corrected chi connectivity index (χ1v) is 10.0. The Balaban J connectivity index is 1.53. The van der Waals surface area contributed by atoms with Gasteiger partial charge in [0.05, 0.1) is 12.2 Å². The molecular formula is C21H28FNO3. The quantitative estimate of drug-likeness (QED) is 0.719. The Morgan fingerprint density at radius 1 is 1.12 bits per heavy atom. The molecule has 0 saturated heterocycles. The Morgan fingerprint density at radius 2 is 1.73 bits per heavy atom. The van der Waals surface area contributed by atoms with E-state index in [1.807, 2.05) is 7.05 Å². The molecule has 0 amide bonds. The topological polar surface area (TPSA) is 61.7 Å². The minimum atomic E-state index is -0.779. The summed E-state index contributed by atoms with van der Waals surface area (Å²) in [6, 6.07) is 1.34. The molecule has 26 heavy (non-hydrogen) atoms. The van der Waals surface area contributed by atoms with E-state index in [-0.39, 0.29) is 23.4 Å². The predicted molar refractivity (Wildman–Crippen MR) is 95.6 cm³/mol. The van der Waals surface area contributed by atoms with Crippen LogP contribution in [0.4, 0.5) is 4.39 Å². The van der Waals surface area contributed by atoms with Crippen LogP contribution in [0.3, 0.4) is 0 Å². The van der Waals surface area contributed by atoms with Crippen LogP contribution in [0, 0.1) is 29.0 Å². The van der Waals surface area contributed by atoms with Gasteiger partial charge in [0.1, 0.15) is 0 Å². The first-order valence-electron chi connectivity index (χ1n) is 10.0. The van der Waals surface area contributed by atoms with Gasteiger partial charge in [-0.2, -0.15) is 0 Å². The highest BCUT2D eigenvalue weighted by Crippen LogP contribution is 2.63. The van der Waals surface area contributed by atoms with Crippen LogP contribution in [-0.4, -0.2) is 29.9 Å². The third-order valence-corrected chi connectivity index (χ3v) is 7.59. The maximum Gasteiger partial charge on any atom is 0.194 e. The molecule has 0 radical (unpaired) electrons. The highest BCUT2D eigenvalue weighted by molar-refractivity contribution is 5.52. The number of nitrogens with one attached hydrogen (secondary N) is 1. The number of likely N-dealkylation sites (N-methyl/N-ethyl adjacent to an activating group) is 1. The van der Waals surface area contributed by atoms with Gasteiger partial charge in [0.25, 0.3) is 0 Å². The molecule has 5 heteroatoms. The fourth-order valence-electron chi connectivity index (χ4n) is 6.97. The van der Waals surface area contributed by atoms with Crippen molar-refractivity contribution in [3.8, 4) is 11.5 Å². The van der Waals surface area contributed by atoms with E-state index in [1.165, 1.54) is 44.6 Å². The minimum Gasteiger partial charge on any atom is -0.504 e. The molecule has 2 atom stereocenters. The molecular weight excluding hydrogens is 333 g/mol. The second kappa shape index (κ2) is 5.83. The molecule has 0 spiro atoms. The van der Waals surface area contributed by atoms with Crippen LogP contribution in [0.1, 0.15) is 55.8 Å². The van der Waals surface area contributed by atoms with Crippen molar-refractivity contribution in [1.29, 1.82) is 0 Å². The van der Waals surface area contributed by atoms with E-state index in [2.05, 4.69) is 5.32 Å². The summed E-state index contributed by atoms with van der Waals surface area (Å²) in [6.07, 6.45) is 8.11. The van der Waals surface area contributed by atoms with E-state index in [0.717, 1.165) is 17.8 Å². The molecule has 1 aliphatic heterocycles. The van der Waals surface area contributed by atoms with Crippen molar-refractivity contribution >= 4 is 0 Å². The molecule has 5 aliphatic rings. The molecule has 4 bridgehead atoms. The number of aromatic hydroxyl groups is 2. The molecule has 4 aliphatic carbocycles. The molecule has 1 aromatic carbocycles. The Bertz CT molecular complexity index is 699. The predicted octanol–water partition coefficient (Wildman–Crippen LogP) is 3.66. The van der Waals surface area contributed by atoms with Crippen molar-refractivity contribution in [2.45, 2.75) is 57.2 Å². The van der Waals surface area contributed by atoms with Gasteiger partial charge in [0.2, 0.25) is 0 Å². The van der Waals surface area contributed by atoms with Crippen molar-refractivity contribution in [3.63, 3.8) is 0 Å². The lowest BCUT2D eigenvalue weighted by Crippen LogP contribution is -2.54. The van der Waals surface area contributed by atoms with Gasteiger partial charge in [0.15, 0.2) is 17.3 Å². The molecule has 4 fully saturated rings. The average molecular weight is 361 g/mol. The zero-order chi connectivity index (χ0) is 18.1. The van der Waals surface area contributed by atoms with Crippen LogP contribution in [0.2, 0.25) is 0 Å². The van der Waals surface area contributed by atoms with Crippen LogP contribution in [-0.2, 0) is 11.2 Å². The third kappa shape index (κ3) is 2.40. The van der Waals surface area contributed by atoms with Gasteiger partial charge in [-0.25, -0.2) is 4.39 Å². The van der Waals surface area contributed by atoms with E-state index in [0.29, 0.717) is 24.1 Å². The fraction of sp³-hybridized carbons (Fsp3) is 0.714. The van der Waals surface area contributed by atoms with Gasteiger partial charge >= 0.3 is 0 Å². The lowest BCUT2D eigenvalue weighted by atomic mass is 9.47. The fourth-order valence-corrected chi connectivity index (χ4v) is 6.97. The summed E-state index contributed by atoms with van der Waals surface area (Å²) >= 11 is 0. The normalized spacial score (nSPS) is 40.6. The molecule has 142 valence electrons. The number of hydrogen-bond acceptors (Lipinski definition) is 4. The monoisotopic (exact) mass is 361 g/mol. The molecule has 3 N–H and O–H groups in total. The Morgan fingerprint density at radius 3 is 2.31 bits per heavy atom. The molecule has 0 aromatic heterocycles. The first kappa shape index (κ1) is 16.8. The first-order chi connectivity index (χ1) is 12.5. The van der Waals surface area contributed by atoms with Gasteiger partial charge in [-0.05, 0) is 80.4 Å². The zero-order valence-corrected chi connectivity index (χ0v) is 15.3. The van der Waals surface area contributed by atoms with Crippen molar-refractivity contribution in [2.24, 2.45) is 23.2 Å². The summed E-state index contributed by atoms with van der Waals surface area (Å²) in [5.41, 5.74) is 1.54. The number of halogens is 1. The number of phenols is 2. The number of fused-ring (bicyclic) bond motifs is 1. The van der Waals surface area contributed by atoms with Crippen LogP contribution in [0.5, 0.6) is 11.5 Å². The molecule has 4 nitrogen and oxygen atoms in total. The molecule has 1 aromatic rings. The van der Waals surface area contributed by atoms with E-state index >= 15 is 0 Å². The lowest BCUT2D eigenvalue weighted by Gasteiger charge is -2.60. The van der Waals surface area contributed by atoms with Crippen LogP contribution < -0.4 is 5.32 Å². The highest BCUT2D eigenvalue weighted by Gasteiger charge is 2.56. The number of benzene rings is 1. The number of ether oxygens (including phenoxy) is 1. The number of rotatable bonds is 3. The van der Waals surface area contributed by atoms with E-state index in [9.17, 15) is 14.6 Å². The summed E-state index contributed by atoms with van der Waals surface area (Å²) in [5.74, 6) is 0.772. The van der Waals surface area contributed by atoms with Crippen LogP contribution in [0.15, 0.2) is 6.07 Å². The molecule has 0 unspecified atom stereocenters. The lowest BCUT2D eigenvalue weighted by molar-refractivity contribution is -0.166. The standard InChI is InChI=1S/C21H28FNO3/c1-23-10-17-14-5-16(22)20(25)19(24)15(14)6-18(26-17)21-7-11-2-12(8-21)4-13(3-11)9-21/h5,11-13,17-18,23-25H,2-4,6-10H2,1H3/t11?,12?,13?,17-,18-,21?/m0/s1. The number of hydrogen-bond donors (Lipinski definition) is 3. The summed E-state index contributed by atoms with van der Waals surface area (Å²) in [6.45, 7) is 0.569.